The van der Waals surface area contributed by atoms with Gasteiger partial charge in [0.25, 0.3) is 5.69 Å². The van der Waals surface area contributed by atoms with Gasteiger partial charge in [-0.3, -0.25) is 10.1 Å². The molecule has 1 aliphatic rings. The Morgan fingerprint density at radius 1 is 1.29 bits per heavy atom. The summed E-state index contributed by atoms with van der Waals surface area (Å²) in [7, 11) is 1.64. The molecule has 1 N–H and O–H groups in total. The van der Waals surface area contributed by atoms with E-state index in [4.69, 9.17) is 4.74 Å². The first-order chi connectivity index (χ1) is 10.2. The van der Waals surface area contributed by atoms with E-state index in [-0.39, 0.29) is 10.6 Å². The Balaban J connectivity index is 1.79. The summed E-state index contributed by atoms with van der Waals surface area (Å²) < 4.78 is 5.14. The highest BCUT2D eigenvalue weighted by Crippen LogP contribution is 2.35. The molecule has 1 heterocycles. The number of hydrogen-bond donors (Lipinski definition) is 1. The average Bonchev–Trinajstić information content (AvgIpc) is 2.90. The monoisotopic (exact) mass is 285 g/mol. The lowest BCUT2D eigenvalue weighted by molar-refractivity contribution is -0.384. The van der Waals surface area contributed by atoms with Crippen molar-refractivity contribution in [2.24, 2.45) is 0 Å². The molecule has 0 aromatic heterocycles. The van der Waals surface area contributed by atoms with E-state index in [1.54, 1.807) is 19.2 Å². The molecule has 1 aliphatic heterocycles. The number of hydrogen-bond acceptors (Lipinski definition) is 5. The molecule has 3 rings (SSSR count). The molecule has 108 valence electrons. The maximum atomic E-state index is 10.8. The van der Waals surface area contributed by atoms with Gasteiger partial charge < -0.3 is 15.0 Å². The molecule has 0 spiro atoms. The van der Waals surface area contributed by atoms with Crippen molar-refractivity contribution in [2.75, 3.05) is 24.0 Å². The van der Waals surface area contributed by atoms with Crippen LogP contribution in [0.1, 0.15) is 5.56 Å². The zero-order valence-electron chi connectivity index (χ0n) is 11.6. The molecule has 0 amide bonds. The van der Waals surface area contributed by atoms with Crippen LogP contribution in [0.2, 0.25) is 0 Å². The molecular weight excluding hydrogens is 270 g/mol. The molecule has 0 aliphatic carbocycles. The second kappa shape index (κ2) is 5.32. The first-order valence-electron chi connectivity index (χ1n) is 6.57. The van der Waals surface area contributed by atoms with Crippen LogP contribution in [0, 0.1) is 10.1 Å². The number of nitro benzene ring substituents is 1. The number of ether oxygens (including phenoxy) is 1. The van der Waals surface area contributed by atoms with Crippen LogP contribution in [0.3, 0.4) is 0 Å². The Hall–Kier alpha value is -2.76. The number of benzene rings is 2. The van der Waals surface area contributed by atoms with Crippen molar-refractivity contribution in [3.8, 4) is 5.75 Å². The Labute approximate surface area is 122 Å². The second-order valence-electron chi connectivity index (χ2n) is 4.84. The van der Waals surface area contributed by atoms with E-state index in [1.165, 1.54) is 6.07 Å². The molecule has 2 aromatic rings. The van der Waals surface area contributed by atoms with E-state index in [9.17, 15) is 10.1 Å². The van der Waals surface area contributed by atoms with E-state index in [1.807, 2.05) is 24.3 Å². The zero-order valence-corrected chi connectivity index (χ0v) is 11.6. The predicted molar refractivity (Wildman–Crippen MR) is 80.8 cm³/mol. The summed E-state index contributed by atoms with van der Waals surface area (Å²) >= 11 is 0. The van der Waals surface area contributed by atoms with E-state index in [0.29, 0.717) is 6.67 Å². The van der Waals surface area contributed by atoms with Gasteiger partial charge in [-0.2, -0.15) is 0 Å². The quantitative estimate of drug-likeness (QED) is 0.691. The van der Waals surface area contributed by atoms with Gasteiger partial charge in [0, 0.05) is 18.7 Å². The maximum absolute atomic E-state index is 10.8. The fraction of sp³-hybridized carbons (Fsp3) is 0.200. The molecule has 0 atom stereocenters. The minimum Gasteiger partial charge on any atom is -0.497 e. The highest BCUT2D eigenvalue weighted by Gasteiger charge is 2.21. The summed E-state index contributed by atoms with van der Waals surface area (Å²) in [4.78, 5) is 12.5. The van der Waals surface area contributed by atoms with Crippen LogP contribution in [-0.2, 0) is 6.54 Å². The number of nitrogens with one attached hydrogen (secondary N) is 1. The van der Waals surface area contributed by atoms with E-state index >= 15 is 0 Å². The van der Waals surface area contributed by atoms with Crippen molar-refractivity contribution in [2.45, 2.75) is 6.54 Å². The third-order valence-electron chi connectivity index (χ3n) is 3.52. The Morgan fingerprint density at radius 2 is 2.05 bits per heavy atom. The molecule has 6 nitrogen and oxygen atoms in total. The van der Waals surface area contributed by atoms with E-state index in [0.717, 1.165) is 29.2 Å². The van der Waals surface area contributed by atoms with Crippen LogP contribution in [0.25, 0.3) is 0 Å². The number of fused-ring (bicyclic) bond motifs is 1. The van der Waals surface area contributed by atoms with Gasteiger partial charge in [0.15, 0.2) is 0 Å². The Kier molecular flexibility index (Phi) is 3.35. The number of nitrogens with zero attached hydrogens (tertiary/aromatic N) is 2. The molecule has 0 saturated heterocycles. The van der Waals surface area contributed by atoms with Crippen LogP contribution < -0.4 is 15.0 Å². The Bertz CT molecular complexity index is 670. The molecule has 0 bridgehead atoms. The van der Waals surface area contributed by atoms with Crippen LogP contribution >= 0.6 is 0 Å². The Morgan fingerprint density at radius 3 is 2.71 bits per heavy atom. The summed E-state index contributed by atoms with van der Waals surface area (Å²) in [5.74, 6) is 0.828. The highest BCUT2D eigenvalue weighted by molar-refractivity contribution is 5.77. The van der Waals surface area contributed by atoms with Crippen LogP contribution in [0.4, 0.5) is 17.1 Å². The highest BCUT2D eigenvalue weighted by atomic mass is 16.6. The normalized spacial score (nSPS) is 12.7. The van der Waals surface area contributed by atoms with Crippen molar-refractivity contribution < 1.29 is 9.66 Å². The number of rotatable bonds is 4. The minimum atomic E-state index is -0.381. The lowest BCUT2D eigenvalue weighted by Gasteiger charge is -2.18. The largest absolute Gasteiger partial charge is 0.497 e. The van der Waals surface area contributed by atoms with Gasteiger partial charge in [0.1, 0.15) is 5.75 Å². The molecule has 2 aromatic carbocycles. The number of methoxy groups -OCH3 is 1. The minimum absolute atomic E-state index is 0.104. The summed E-state index contributed by atoms with van der Waals surface area (Å²) in [6.45, 7) is 1.38. The van der Waals surface area contributed by atoms with Crippen molar-refractivity contribution in [1.82, 2.24) is 0 Å². The summed E-state index contributed by atoms with van der Waals surface area (Å²) in [5, 5.41) is 14.0. The van der Waals surface area contributed by atoms with Crippen LogP contribution in [0.5, 0.6) is 5.75 Å². The van der Waals surface area contributed by atoms with Crippen molar-refractivity contribution in [1.29, 1.82) is 0 Å². The molecule has 0 fully saturated rings. The van der Waals surface area contributed by atoms with Crippen molar-refractivity contribution >= 4 is 17.1 Å². The van der Waals surface area contributed by atoms with Crippen molar-refractivity contribution in [3.63, 3.8) is 0 Å². The lowest BCUT2D eigenvalue weighted by Crippen LogP contribution is -2.21. The van der Waals surface area contributed by atoms with Gasteiger partial charge in [0.2, 0.25) is 0 Å². The van der Waals surface area contributed by atoms with Crippen LogP contribution in [-0.4, -0.2) is 18.7 Å². The smallest absolute Gasteiger partial charge is 0.271 e. The van der Waals surface area contributed by atoms with Gasteiger partial charge in [-0.1, -0.05) is 12.1 Å². The van der Waals surface area contributed by atoms with Gasteiger partial charge in [-0.15, -0.1) is 0 Å². The molecule has 0 saturated carbocycles. The van der Waals surface area contributed by atoms with Crippen LogP contribution in [0.15, 0.2) is 42.5 Å². The van der Waals surface area contributed by atoms with Gasteiger partial charge >= 0.3 is 0 Å². The average molecular weight is 285 g/mol. The fourth-order valence-electron chi connectivity index (χ4n) is 2.41. The molecule has 6 heteroatoms. The standard InChI is InChI=1S/C15H15N3O3/c1-21-13-5-2-11(3-6-13)9-17-10-16-14-8-12(18(19)20)4-7-15(14)17/h2-8,16H,9-10H2,1H3. The number of nitro groups is 1. The predicted octanol–water partition coefficient (Wildman–Crippen LogP) is 2.99. The fourth-order valence-corrected chi connectivity index (χ4v) is 2.41. The third kappa shape index (κ3) is 2.60. The number of non-ortho nitro benzene ring substituents is 1. The molecule has 0 radical (unpaired) electrons. The first-order valence-corrected chi connectivity index (χ1v) is 6.57. The summed E-state index contributed by atoms with van der Waals surface area (Å²) in [6.07, 6.45) is 0. The molecule has 0 unspecified atom stereocenters. The van der Waals surface area contributed by atoms with E-state index in [2.05, 4.69) is 10.2 Å². The van der Waals surface area contributed by atoms with Crippen molar-refractivity contribution in [3.05, 3.63) is 58.1 Å². The first kappa shape index (κ1) is 13.2. The summed E-state index contributed by atoms with van der Waals surface area (Å²) in [6, 6.07) is 12.8. The summed E-state index contributed by atoms with van der Waals surface area (Å²) in [5.41, 5.74) is 3.05. The van der Waals surface area contributed by atoms with Gasteiger partial charge in [-0.25, -0.2) is 0 Å². The lowest BCUT2D eigenvalue weighted by atomic mass is 10.2. The topological polar surface area (TPSA) is 67.6 Å². The van der Waals surface area contributed by atoms with Gasteiger partial charge in [-0.05, 0) is 23.8 Å². The number of anilines is 2. The maximum Gasteiger partial charge on any atom is 0.271 e. The zero-order chi connectivity index (χ0) is 14.8. The third-order valence-corrected chi connectivity index (χ3v) is 3.52. The van der Waals surface area contributed by atoms with Gasteiger partial charge in [0.05, 0.1) is 30.1 Å². The van der Waals surface area contributed by atoms with E-state index < -0.39 is 0 Å². The molecular formula is C15H15N3O3. The SMILES string of the molecule is COc1ccc(CN2CNc3cc([N+](=O)[O-])ccc32)cc1. The molecule has 21 heavy (non-hydrogen) atoms. The second-order valence-corrected chi connectivity index (χ2v) is 4.84.